The Bertz CT molecular complexity index is 547. The van der Waals surface area contributed by atoms with E-state index in [9.17, 15) is 0 Å². The van der Waals surface area contributed by atoms with Crippen LogP contribution in [0, 0.1) is 6.92 Å². The Morgan fingerprint density at radius 3 is 2.32 bits per heavy atom. The van der Waals surface area contributed by atoms with Gasteiger partial charge in [-0.15, -0.1) is 0 Å². The monoisotopic (exact) mass is 273 g/mol. The molecular weight excluding hydrogens is 254 g/mol. The number of rotatable bonds is 2. The van der Waals surface area contributed by atoms with Gasteiger partial charge in [-0.25, -0.2) is 0 Å². The van der Waals surface area contributed by atoms with E-state index >= 15 is 0 Å². The molecule has 3 rings (SSSR count). The van der Waals surface area contributed by atoms with Gasteiger partial charge in [-0.3, -0.25) is 0 Å². The highest BCUT2D eigenvalue weighted by atomic mass is 35.5. The van der Waals surface area contributed by atoms with Crippen LogP contribution in [0.25, 0.3) is 11.3 Å². The van der Waals surface area contributed by atoms with Crippen molar-refractivity contribution in [1.82, 2.24) is 4.57 Å². The highest BCUT2D eigenvalue weighted by molar-refractivity contribution is 6.30. The molecule has 0 saturated heterocycles. The van der Waals surface area contributed by atoms with Crippen molar-refractivity contribution in [2.45, 2.75) is 45.1 Å². The first-order valence-corrected chi connectivity index (χ1v) is 7.57. The van der Waals surface area contributed by atoms with Gasteiger partial charge >= 0.3 is 0 Å². The molecule has 1 fully saturated rings. The average molecular weight is 274 g/mol. The quantitative estimate of drug-likeness (QED) is 0.669. The van der Waals surface area contributed by atoms with Gasteiger partial charge in [-0.2, -0.15) is 0 Å². The summed E-state index contributed by atoms with van der Waals surface area (Å²) in [5, 5.41) is 0.802. The standard InChI is InChI=1S/C17H20ClN/c1-13-7-12-17(14-8-10-15(18)11-9-14)19(13)16-5-3-2-4-6-16/h7-12,16H,2-6H2,1H3. The Hall–Kier alpha value is -1.21. The second-order valence-electron chi connectivity index (χ2n) is 5.53. The molecule has 100 valence electrons. The number of halogens is 1. The third-order valence-corrected chi connectivity index (χ3v) is 4.45. The molecule has 0 unspecified atom stereocenters. The molecule has 1 nitrogen and oxygen atoms in total. The number of hydrogen-bond acceptors (Lipinski definition) is 0. The number of nitrogens with zero attached hydrogens (tertiary/aromatic N) is 1. The van der Waals surface area contributed by atoms with Gasteiger partial charge in [0.2, 0.25) is 0 Å². The predicted octanol–water partition coefficient (Wildman–Crippen LogP) is 5.62. The second-order valence-corrected chi connectivity index (χ2v) is 5.97. The third kappa shape index (κ3) is 2.57. The molecule has 1 aromatic heterocycles. The second kappa shape index (κ2) is 5.42. The summed E-state index contributed by atoms with van der Waals surface area (Å²) >= 11 is 5.99. The molecule has 0 aliphatic heterocycles. The molecule has 0 spiro atoms. The van der Waals surface area contributed by atoms with Gasteiger partial charge in [-0.05, 0) is 49.6 Å². The Labute approximate surface area is 120 Å². The van der Waals surface area contributed by atoms with E-state index in [1.807, 2.05) is 12.1 Å². The fraction of sp³-hybridized carbons (Fsp3) is 0.412. The van der Waals surface area contributed by atoms with Gasteiger partial charge in [0, 0.05) is 22.5 Å². The molecule has 1 aliphatic rings. The van der Waals surface area contributed by atoms with Crippen molar-refractivity contribution in [3.63, 3.8) is 0 Å². The molecule has 2 aromatic rings. The normalized spacial score (nSPS) is 16.7. The van der Waals surface area contributed by atoms with Crippen LogP contribution in [0.5, 0.6) is 0 Å². The zero-order valence-electron chi connectivity index (χ0n) is 11.4. The van der Waals surface area contributed by atoms with Crippen molar-refractivity contribution in [3.8, 4) is 11.3 Å². The molecule has 0 bridgehead atoms. The molecule has 1 saturated carbocycles. The molecule has 0 radical (unpaired) electrons. The first-order chi connectivity index (χ1) is 9.25. The summed E-state index contributed by atoms with van der Waals surface area (Å²) in [6.45, 7) is 2.22. The zero-order chi connectivity index (χ0) is 13.2. The van der Waals surface area contributed by atoms with E-state index in [4.69, 9.17) is 11.6 Å². The van der Waals surface area contributed by atoms with Crippen LogP contribution >= 0.6 is 11.6 Å². The van der Waals surface area contributed by atoms with Crippen molar-refractivity contribution in [2.75, 3.05) is 0 Å². The van der Waals surface area contributed by atoms with Crippen LogP contribution in [-0.4, -0.2) is 4.57 Å². The van der Waals surface area contributed by atoms with Gasteiger partial charge in [0.15, 0.2) is 0 Å². The molecule has 0 amide bonds. The van der Waals surface area contributed by atoms with E-state index in [0.717, 1.165) is 5.02 Å². The van der Waals surface area contributed by atoms with Crippen molar-refractivity contribution in [2.24, 2.45) is 0 Å². The lowest BCUT2D eigenvalue weighted by Crippen LogP contribution is -2.14. The van der Waals surface area contributed by atoms with Crippen molar-refractivity contribution in [1.29, 1.82) is 0 Å². The summed E-state index contributed by atoms with van der Waals surface area (Å²) in [7, 11) is 0. The van der Waals surface area contributed by atoms with Crippen LogP contribution in [0.2, 0.25) is 5.02 Å². The van der Waals surface area contributed by atoms with Crippen molar-refractivity contribution < 1.29 is 0 Å². The zero-order valence-corrected chi connectivity index (χ0v) is 12.2. The highest BCUT2D eigenvalue weighted by Crippen LogP contribution is 2.34. The lowest BCUT2D eigenvalue weighted by molar-refractivity contribution is 0.352. The van der Waals surface area contributed by atoms with Crippen LogP contribution in [0.15, 0.2) is 36.4 Å². The maximum absolute atomic E-state index is 5.99. The minimum atomic E-state index is 0.675. The van der Waals surface area contributed by atoms with Gasteiger partial charge in [-0.1, -0.05) is 43.0 Å². The van der Waals surface area contributed by atoms with E-state index in [0.29, 0.717) is 6.04 Å². The summed E-state index contributed by atoms with van der Waals surface area (Å²) in [5.41, 5.74) is 3.97. The molecule has 19 heavy (non-hydrogen) atoms. The summed E-state index contributed by atoms with van der Waals surface area (Å²) in [6.07, 6.45) is 6.75. The molecule has 0 N–H and O–H groups in total. The van der Waals surface area contributed by atoms with E-state index in [2.05, 4.69) is 35.8 Å². The summed E-state index contributed by atoms with van der Waals surface area (Å²) < 4.78 is 2.53. The number of hydrogen-bond donors (Lipinski definition) is 0. The maximum Gasteiger partial charge on any atom is 0.0485 e. The Kier molecular flexibility index (Phi) is 3.65. The molecule has 1 heterocycles. The largest absolute Gasteiger partial charge is 0.342 e. The Morgan fingerprint density at radius 2 is 1.63 bits per heavy atom. The first-order valence-electron chi connectivity index (χ1n) is 7.19. The van der Waals surface area contributed by atoms with Gasteiger partial charge in [0.05, 0.1) is 0 Å². The lowest BCUT2D eigenvalue weighted by atomic mass is 9.94. The average Bonchev–Trinajstić information content (AvgIpc) is 2.82. The highest BCUT2D eigenvalue weighted by Gasteiger charge is 2.19. The van der Waals surface area contributed by atoms with Gasteiger partial charge in [0.25, 0.3) is 0 Å². The maximum atomic E-state index is 5.99. The molecule has 1 aromatic carbocycles. The Balaban J connectivity index is 1.99. The fourth-order valence-corrected chi connectivity index (χ4v) is 3.36. The Morgan fingerprint density at radius 1 is 0.947 bits per heavy atom. The molecule has 1 aliphatic carbocycles. The van der Waals surface area contributed by atoms with Crippen LogP contribution in [0.3, 0.4) is 0 Å². The fourth-order valence-electron chi connectivity index (χ4n) is 3.23. The van der Waals surface area contributed by atoms with Crippen LogP contribution in [0.1, 0.15) is 43.8 Å². The first kappa shape index (κ1) is 12.8. The van der Waals surface area contributed by atoms with Gasteiger partial charge < -0.3 is 4.57 Å². The van der Waals surface area contributed by atoms with E-state index < -0.39 is 0 Å². The van der Waals surface area contributed by atoms with Crippen LogP contribution < -0.4 is 0 Å². The SMILES string of the molecule is Cc1ccc(-c2ccc(Cl)cc2)n1C1CCCCC1. The van der Waals surface area contributed by atoms with E-state index in [1.165, 1.54) is 49.1 Å². The predicted molar refractivity (Wildman–Crippen MR) is 81.7 cm³/mol. The number of benzene rings is 1. The minimum absolute atomic E-state index is 0.675. The topological polar surface area (TPSA) is 4.93 Å². The summed E-state index contributed by atoms with van der Waals surface area (Å²) in [4.78, 5) is 0. The summed E-state index contributed by atoms with van der Waals surface area (Å²) in [6, 6.07) is 13.3. The molecular formula is C17H20ClN. The number of aromatic nitrogens is 1. The molecule has 2 heteroatoms. The van der Waals surface area contributed by atoms with E-state index in [1.54, 1.807) is 0 Å². The van der Waals surface area contributed by atoms with Crippen molar-refractivity contribution >= 4 is 11.6 Å². The van der Waals surface area contributed by atoms with Crippen LogP contribution in [-0.2, 0) is 0 Å². The molecule has 0 atom stereocenters. The lowest BCUT2D eigenvalue weighted by Gasteiger charge is -2.27. The number of aryl methyl sites for hydroxylation is 1. The van der Waals surface area contributed by atoms with Gasteiger partial charge in [0.1, 0.15) is 0 Å². The van der Waals surface area contributed by atoms with E-state index in [-0.39, 0.29) is 0 Å². The smallest absolute Gasteiger partial charge is 0.0485 e. The van der Waals surface area contributed by atoms with Crippen LogP contribution in [0.4, 0.5) is 0 Å². The van der Waals surface area contributed by atoms with Crippen molar-refractivity contribution in [3.05, 3.63) is 47.1 Å². The third-order valence-electron chi connectivity index (χ3n) is 4.20. The minimum Gasteiger partial charge on any atom is -0.342 e. The summed E-state index contributed by atoms with van der Waals surface area (Å²) in [5.74, 6) is 0.